The SMILES string of the molecule is O=C(NCC1(O)CCCc2ccccc21)Nc1nnc2ccccn12. The molecule has 25 heavy (non-hydrogen) atoms. The Morgan fingerprint density at radius 3 is 2.96 bits per heavy atom. The Morgan fingerprint density at radius 1 is 1.20 bits per heavy atom. The summed E-state index contributed by atoms with van der Waals surface area (Å²) in [5.41, 5.74) is 1.65. The van der Waals surface area contributed by atoms with Crippen LogP contribution in [0.4, 0.5) is 10.7 Å². The number of nitrogens with zero attached hydrogens (tertiary/aromatic N) is 3. The van der Waals surface area contributed by atoms with Crippen molar-refractivity contribution in [2.45, 2.75) is 24.9 Å². The number of urea groups is 1. The van der Waals surface area contributed by atoms with Crippen LogP contribution in [-0.4, -0.2) is 32.3 Å². The number of aromatic nitrogens is 3. The molecule has 3 N–H and O–H groups in total. The Balaban J connectivity index is 1.46. The molecule has 7 nitrogen and oxygen atoms in total. The fourth-order valence-electron chi connectivity index (χ4n) is 3.38. The van der Waals surface area contributed by atoms with Gasteiger partial charge in [0.15, 0.2) is 5.65 Å². The largest absolute Gasteiger partial charge is 0.383 e. The molecule has 0 radical (unpaired) electrons. The highest BCUT2D eigenvalue weighted by Gasteiger charge is 2.34. The standard InChI is InChI=1S/C18H19N5O2/c24-17(20-16-22-21-15-9-3-4-11-23(15)16)19-12-18(25)10-5-7-13-6-1-2-8-14(13)18/h1-4,6,8-9,11,25H,5,7,10,12H2,(H2,19,20,22,24). The van der Waals surface area contributed by atoms with Crippen LogP contribution in [0.2, 0.25) is 0 Å². The van der Waals surface area contributed by atoms with Gasteiger partial charge in [0, 0.05) is 6.20 Å². The molecule has 0 saturated carbocycles. The van der Waals surface area contributed by atoms with E-state index in [4.69, 9.17) is 0 Å². The predicted molar refractivity (Wildman–Crippen MR) is 93.3 cm³/mol. The number of carbonyl (C=O) groups is 1. The van der Waals surface area contributed by atoms with Crippen LogP contribution in [0, 0.1) is 0 Å². The van der Waals surface area contributed by atoms with E-state index < -0.39 is 11.6 Å². The molecule has 128 valence electrons. The monoisotopic (exact) mass is 337 g/mol. The van der Waals surface area contributed by atoms with E-state index in [0.717, 1.165) is 24.0 Å². The first kappa shape index (κ1) is 15.6. The Morgan fingerprint density at radius 2 is 2.04 bits per heavy atom. The van der Waals surface area contributed by atoms with Crippen molar-refractivity contribution in [3.8, 4) is 0 Å². The predicted octanol–water partition coefficient (Wildman–Crippen LogP) is 2.07. The molecule has 1 aromatic carbocycles. The van der Waals surface area contributed by atoms with Crippen LogP contribution in [0.1, 0.15) is 24.0 Å². The molecule has 1 aliphatic rings. The quantitative estimate of drug-likeness (QED) is 0.682. The second-order valence-electron chi connectivity index (χ2n) is 6.30. The lowest BCUT2D eigenvalue weighted by molar-refractivity contribution is 0.0221. The van der Waals surface area contributed by atoms with Crippen molar-refractivity contribution in [3.05, 3.63) is 59.8 Å². The maximum atomic E-state index is 12.2. The minimum atomic E-state index is -1.04. The second kappa shape index (κ2) is 6.18. The van der Waals surface area contributed by atoms with Gasteiger partial charge in [0.05, 0.1) is 6.54 Å². The van der Waals surface area contributed by atoms with Crippen LogP contribution in [-0.2, 0) is 12.0 Å². The van der Waals surface area contributed by atoms with Crippen LogP contribution >= 0.6 is 0 Å². The summed E-state index contributed by atoms with van der Waals surface area (Å²) in [6, 6.07) is 12.9. The number of pyridine rings is 1. The van der Waals surface area contributed by atoms with E-state index >= 15 is 0 Å². The van der Waals surface area contributed by atoms with E-state index in [1.807, 2.05) is 36.4 Å². The number of rotatable bonds is 3. The molecule has 4 rings (SSSR count). The third-order valence-electron chi connectivity index (χ3n) is 4.64. The summed E-state index contributed by atoms with van der Waals surface area (Å²) in [5.74, 6) is 0.337. The Bertz CT molecular complexity index is 922. The number of hydrogen-bond acceptors (Lipinski definition) is 4. The van der Waals surface area contributed by atoms with Gasteiger partial charge in [-0.3, -0.25) is 9.72 Å². The second-order valence-corrected chi connectivity index (χ2v) is 6.30. The zero-order valence-corrected chi connectivity index (χ0v) is 13.6. The van der Waals surface area contributed by atoms with E-state index in [1.54, 1.807) is 16.7 Å². The van der Waals surface area contributed by atoms with Crippen LogP contribution in [0.3, 0.4) is 0 Å². The molecular formula is C18H19N5O2. The fourth-order valence-corrected chi connectivity index (χ4v) is 3.38. The smallest absolute Gasteiger partial charge is 0.321 e. The van der Waals surface area contributed by atoms with Gasteiger partial charge >= 0.3 is 6.03 Å². The number of hydrogen-bond donors (Lipinski definition) is 3. The van der Waals surface area contributed by atoms with Crippen LogP contribution in [0.25, 0.3) is 5.65 Å². The first-order valence-electron chi connectivity index (χ1n) is 8.31. The van der Waals surface area contributed by atoms with Gasteiger partial charge in [-0.2, -0.15) is 0 Å². The Kier molecular flexibility index (Phi) is 3.85. The lowest BCUT2D eigenvalue weighted by Crippen LogP contribution is -2.44. The summed E-state index contributed by atoms with van der Waals surface area (Å²) in [5, 5.41) is 24.4. The molecule has 0 bridgehead atoms. The van der Waals surface area contributed by atoms with Crippen molar-refractivity contribution in [3.63, 3.8) is 0 Å². The number of nitrogens with one attached hydrogen (secondary N) is 2. The topological polar surface area (TPSA) is 91.5 Å². The number of aryl methyl sites for hydroxylation is 1. The maximum Gasteiger partial charge on any atom is 0.321 e. The number of fused-ring (bicyclic) bond motifs is 2. The van der Waals surface area contributed by atoms with E-state index in [2.05, 4.69) is 20.8 Å². The molecule has 2 amide bonds. The van der Waals surface area contributed by atoms with E-state index in [0.29, 0.717) is 18.0 Å². The number of benzene rings is 1. The molecule has 0 aliphatic heterocycles. The van der Waals surface area contributed by atoms with Crippen molar-refractivity contribution >= 4 is 17.6 Å². The first-order valence-corrected chi connectivity index (χ1v) is 8.31. The highest BCUT2D eigenvalue weighted by molar-refractivity contribution is 5.87. The van der Waals surface area contributed by atoms with Crippen molar-refractivity contribution in [2.75, 3.05) is 11.9 Å². The minimum Gasteiger partial charge on any atom is -0.383 e. The third kappa shape index (κ3) is 2.94. The van der Waals surface area contributed by atoms with Gasteiger partial charge in [0.2, 0.25) is 5.95 Å². The number of aliphatic hydroxyl groups is 1. The summed E-state index contributed by atoms with van der Waals surface area (Å²) >= 11 is 0. The fraction of sp³-hybridized carbons (Fsp3) is 0.278. The summed E-state index contributed by atoms with van der Waals surface area (Å²) < 4.78 is 1.68. The molecule has 1 aliphatic carbocycles. The van der Waals surface area contributed by atoms with Gasteiger partial charge in [-0.15, -0.1) is 10.2 Å². The van der Waals surface area contributed by atoms with E-state index in [9.17, 15) is 9.90 Å². The average Bonchev–Trinajstić information content (AvgIpc) is 3.04. The van der Waals surface area contributed by atoms with Gasteiger partial charge < -0.3 is 10.4 Å². The van der Waals surface area contributed by atoms with E-state index in [-0.39, 0.29) is 6.54 Å². The average molecular weight is 337 g/mol. The summed E-state index contributed by atoms with van der Waals surface area (Å²) in [6.45, 7) is 0.145. The summed E-state index contributed by atoms with van der Waals surface area (Å²) in [7, 11) is 0. The number of anilines is 1. The zero-order chi connectivity index (χ0) is 17.3. The summed E-state index contributed by atoms with van der Waals surface area (Å²) in [6.07, 6.45) is 4.25. The molecule has 0 fully saturated rings. The van der Waals surface area contributed by atoms with Gasteiger partial charge in [0.25, 0.3) is 0 Å². The molecule has 7 heteroatoms. The molecule has 2 heterocycles. The highest BCUT2D eigenvalue weighted by Crippen LogP contribution is 2.34. The van der Waals surface area contributed by atoms with Crippen LogP contribution < -0.4 is 10.6 Å². The van der Waals surface area contributed by atoms with Crippen LogP contribution in [0.15, 0.2) is 48.7 Å². The van der Waals surface area contributed by atoms with Crippen LogP contribution in [0.5, 0.6) is 0 Å². The molecule has 1 atom stereocenters. The summed E-state index contributed by atoms with van der Waals surface area (Å²) in [4.78, 5) is 12.2. The van der Waals surface area contributed by atoms with Gasteiger partial charge in [-0.05, 0) is 42.5 Å². The Labute approximate surface area is 144 Å². The van der Waals surface area contributed by atoms with Crippen molar-refractivity contribution in [1.29, 1.82) is 0 Å². The molecule has 0 saturated heterocycles. The molecule has 0 spiro atoms. The normalized spacial score (nSPS) is 19.4. The molecule has 2 aromatic heterocycles. The van der Waals surface area contributed by atoms with Gasteiger partial charge in [-0.25, -0.2) is 4.79 Å². The van der Waals surface area contributed by atoms with Crippen molar-refractivity contribution in [2.24, 2.45) is 0 Å². The highest BCUT2D eigenvalue weighted by atomic mass is 16.3. The lowest BCUT2D eigenvalue weighted by Gasteiger charge is -2.34. The molecule has 3 aromatic rings. The first-order chi connectivity index (χ1) is 12.2. The zero-order valence-electron chi connectivity index (χ0n) is 13.6. The maximum absolute atomic E-state index is 12.2. The lowest BCUT2D eigenvalue weighted by atomic mass is 9.79. The van der Waals surface area contributed by atoms with Crippen molar-refractivity contribution < 1.29 is 9.90 Å². The number of amides is 2. The third-order valence-corrected chi connectivity index (χ3v) is 4.64. The van der Waals surface area contributed by atoms with E-state index in [1.165, 1.54) is 0 Å². The Hall–Kier alpha value is -2.93. The van der Waals surface area contributed by atoms with Gasteiger partial charge in [-0.1, -0.05) is 30.3 Å². The minimum absolute atomic E-state index is 0.145. The molecule has 1 unspecified atom stereocenters. The van der Waals surface area contributed by atoms with Gasteiger partial charge in [0.1, 0.15) is 5.60 Å². The number of carbonyl (C=O) groups excluding carboxylic acids is 1. The molecular weight excluding hydrogens is 318 g/mol. The van der Waals surface area contributed by atoms with Crippen molar-refractivity contribution in [1.82, 2.24) is 19.9 Å².